The van der Waals surface area contributed by atoms with Gasteiger partial charge in [-0.25, -0.2) is 9.78 Å². The SMILES string of the molecule is Br.O=C(O)c1csc(C2CCCN2)n1. The molecule has 1 fully saturated rings. The normalized spacial score (nSPS) is 20.4. The first-order valence-electron chi connectivity index (χ1n) is 4.19. The first-order chi connectivity index (χ1) is 6.27. The van der Waals surface area contributed by atoms with E-state index in [9.17, 15) is 4.79 Å². The summed E-state index contributed by atoms with van der Waals surface area (Å²) < 4.78 is 0. The average Bonchev–Trinajstić information content (AvgIpc) is 2.75. The third-order valence-electron chi connectivity index (χ3n) is 2.10. The van der Waals surface area contributed by atoms with Crippen molar-refractivity contribution in [3.05, 3.63) is 16.1 Å². The number of aromatic nitrogens is 1. The molecule has 1 atom stereocenters. The van der Waals surface area contributed by atoms with Gasteiger partial charge < -0.3 is 10.4 Å². The van der Waals surface area contributed by atoms with Gasteiger partial charge in [0.2, 0.25) is 0 Å². The van der Waals surface area contributed by atoms with E-state index in [1.807, 2.05) is 0 Å². The van der Waals surface area contributed by atoms with E-state index in [0.717, 1.165) is 24.4 Å². The van der Waals surface area contributed by atoms with Gasteiger partial charge in [-0.05, 0) is 19.4 Å². The predicted octanol–water partition coefficient (Wildman–Crippen LogP) is 1.84. The molecule has 6 heteroatoms. The van der Waals surface area contributed by atoms with E-state index in [2.05, 4.69) is 10.3 Å². The van der Waals surface area contributed by atoms with E-state index in [1.165, 1.54) is 11.3 Å². The highest BCUT2D eigenvalue weighted by molar-refractivity contribution is 8.93. The number of carboxylic acids is 1. The van der Waals surface area contributed by atoms with Crippen molar-refractivity contribution in [2.24, 2.45) is 0 Å². The lowest BCUT2D eigenvalue weighted by molar-refractivity contribution is 0.0691. The van der Waals surface area contributed by atoms with Crippen LogP contribution in [-0.2, 0) is 0 Å². The number of nitrogens with zero attached hydrogens (tertiary/aromatic N) is 1. The lowest BCUT2D eigenvalue weighted by atomic mass is 10.2. The Balaban J connectivity index is 0.000000980. The second kappa shape index (κ2) is 4.86. The minimum absolute atomic E-state index is 0. The summed E-state index contributed by atoms with van der Waals surface area (Å²) in [4.78, 5) is 14.6. The zero-order chi connectivity index (χ0) is 9.26. The van der Waals surface area contributed by atoms with Crippen LogP contribution in [-0.4, -0.2) is 22.6 Å². The van der Waals surface area contributed by atoms with Crippen LogP contribution in [0.1, 0.15) is 34.4 Å². The topological polar surface area (TPSA) is 62.2 Å². The van der Waals surface area contributed by atoms with E-state index in [4.69, 9.17) is 5.11 Å². The van der Waals surface area contributed by atoms with Gasteiger partial charge in [-0.15, -0.1) is 28.3 Å². The maximum atomic E-state index is 10.6. The summed E-state index contributed by atoms with van der Waals surface area (Å²) in [5.74, 6) is -0.944. The van der Waals surface area contributed by atoms with Crippen LogP contribution < -0.4 is 5.32 Å². The molecule has 1 saturated heterocycles. The fraction of sp³-hybridized carbons (Fsp3) is 0.500. The smallest absolute Gasteiger partial charge is 0.355 e. The summed E-state index contributed by atoms with van der Waals surface area (Å²) in [6, 6.07) is 0.276. The van der Waals surface area contributed by atoms with Gasteiger partial charge in [0, 0.05) is 5.38 Å². The predicted molar refractivity (Wildman–Crippen MR) is 59.4 cm³/mol. The zero-order valence-electron chi connectivity index (χ0n) is 7.40. The summed E-state index contributed by atoms with van der Waals surface area (Å²) in [5.41, 5.74) is 0.161. The van der Waals surface area contributed by atoms with E-state index in [-0.39, 0.29) is 28.7 Å². The second-order valence-corrected chi connectivity index (χ2v) is 3.91. The van der Waals surface area contributed by atoms with Crippen molar-refractivity contribution in [1.29, 1.82) is 0 Å². The van der Waals surface area contributed by atoms with Gasteiger partial charge in [0.05, 0.1) is 6.04 Å². The highest BCUT2D eigenvalue weighted by Gasteiger charge is 2.20. The van der Waals surface area contributed by atoms with Crippen molar-refractivity contribution >= 4 is 34.3 Å². The highest BCUT2D eigenvalue weighted by Crippen LogP contribution is 2.25. The van der Waals surface area contributed by atoms with Gasteiger partial charge >= 0.3 is 5.97 Å². The molecule has 0 radical (unpaired) electrons. The molecule has 1 unspecified atom stereocenters. The number of carbonyl (C=O) groups is 1. The summed E-state index contributed by atoms with van der Waals surface area (Å²) >= 11 is 1.42. The standard InChI is InChI=1S/C8H10N2O2S.BrH/c11-8(12)6-4-13-7(10-6)5-2-1-3-9-5;/h4-5,9H,1-3H2,(H,11,12);1H. The molecule has 2 rings (SSSR count). The van der Waals surface area contributed by atoms with Crippen molar-refractivity contribution < 1.29 is 9.90 Å². The Morgan fingerprint density at radius 1 is 1.71 bits per heavy atom. The Labute approximate surface area is 96.1 Å². The average molecular weight is 279 g/mol. The van der Waals surface area contributed by atoms with Crippen LogP contribution in [0.3, 0.4) is 0 Å². The van der Waals surface area contributed by atoms with Gasteiger partial charge in [0.15, 0.2) is 5.69 Å². The molecule has 1 aromatic rings. The number of hydrogen-bond donors (Lipinski definition) is 2. The molecule has 2 heterocycles. The molecular formula is C8H11BrN2O2S. The molecule has 78 valence electrons. The van der Waals surface area contributed by atoms with E-state index >= 15 is 0 Å². The van der Waals surface area contributed by atoms with Crippen molar-refractivity contribution in [2.75, 3.05) is 6.54 Å². The summed E-state index contributed by atoms with van der Waals surface area (Å²) in [6.07, 6.45) is 2.21. The lowest BCUT2D eigenvalue weighted by Crippen LogP contribution is -2.12. The number of thiazole rings is 1. The molecule has 14 heavy (non-hydrogen) atoms. The maximum Gasteiger partial charge on any atom is 0.355 e. The van der Waals surface area contributed by atoms with Crippen LogP contribution >= 0.6 is 28.3 Å². The fourth-order valence-electron chi connectivity index (χ4n) is 1.44. The Hall–Kier alpha value is -0.460. The van der Waals surface area contributed by atoms with Crippen LogP contribution in [0.5, 0.6) is 0 Å². The summed E-state index contributed by atoms with van der Waals surface area (Å²) in [6.45, 7) is 1.01. The Morgan fingerprint density at radius 3 is 3.00 bits per heavy atom. The monoisotopic (exact) mass is 278 g/mol. The fourth-order valence-corrected chi connectivity index (χ4v) is 2.34. The minimum Gasteiger partial charge on any atom is -0.476 e. The van der Waals surface area contributed by atoms with Crippen molar-refractivity contribution in [2.45, 2.75) is 18.9 Å². The number of aromatic carboxylic acids is 1. The quantitative estimate of drug-likeness (QED) is 0.867. The van der Waals surface area contributed by atoms with Gasteiger partial charge in [0.1, 0.15) is 5.01 Å². The van der Waals surface area contributed by atoms with Crippen LogP contribution in [0, 0.1) is 0 Å². The summed E-state index contributed by atoms with van der Waals surface area (Å²) in [5, 5.41) is 14.4. The van der Waals surface area contributed by atoms with Crippen LogP contribution in [0.15, 0.2) is 5.38 Å². The van der Waals surface area contributed by atoms with Crippen LogP contribution in [0.4, 0.5) is 0 Å². The molecule has 0 aromatic carbocycles. The minimum atomic E-state index is -0.944. The zero-order valence-corrected chi connectivity index (χ0v) is 9.92. The maximum absolute atomic E-state index is 10.6. The number of rotatable bonds is 2. The number of halogens is 1. The molecule has 0 bridgehead atoms. The van der Waals surface area contributed by atoms with Gasteiger partial charge in [0.25, 0.3) is 0 Å². The highest BCUT2D eigenvalue weighted by atomic mass is 79.9. The molecule has 0 spiro atoms. The summed E-state index contributed by atoms with van der Waals surface area (Å²) in [7, 11) is 0. The molecule has 2 N–H and O–H groups in total. The first-order valence-corrected chi connectivity index (χ1v) is 5.07. The largest absolute Gasteiger partial charge is 0.476 e. The second-order valence-electron chi connectivity index (χ2n) is 3.03. The molecule has 1 aliphatic rings. The van der Waals surface area contributed by atoms with Crippen molar-refractivity contribution in [1.82, 2.24) is 10.3 Å². The Kier molecular flexibility index (Phi) is 4.03. The van der Waals surface area contributed by atoms with E-state index in [0.29, 0.717) is 0 Å². The third kappa shape index (κ3) is 2.31. The van der Waals surface area contributed by atoms with Gasteiger partial charge in [-0.2, -0.15) is 0 Å². The van der Waals surface area contributed by atoms with Crippen LogP contribution in [0.2, 0.25) is 0 Å². The number of nitrogens with one attached hydrogen (secondary N) is 1. The molecular weight excluding hydrogens is 268 g/mol. The number of carboxylic acid groups (broad SMARTS) is 1. The molecule has 0 aliphatic carbocycles. The van der Waals surface area contributed by atoms with Crippen molar-refractivity contribution in [3.8, 4) is 0 Å². The van der Waals surface area contributed by atoms with E-state index in [1.54, 1.807) is 5.38 Å². The number of hydrogen-bond acceptors (Lipinski definition) is 4. The van der Waals surface area contributed by atoms with Gasteiger partial charge in [-0.1, -0.05) is 0 Å². The van der Waals surface area contributed by atoms with Gasteiger partial charge in [-0.3, -0.25) is 0 Å². The molecule has 0 amide bonds. The lowest BCUT2D eigenvalue weighted by Gasteiger charge is -2.03. The third-order valence-corrected chi connectivity index (χ3v) is 3.06. The molecule has 4 nitrogen and oxygen atoms in total. The Bertz CT molecular complexity index is 323. The molecule has 1 aliphatic heterocycles. The van der Waals surface area contributed by atoms with Crippen LogP contribution in [0.25, 0.3) is 0 Å². The molecule has 1 aromatic heterocycles. The first kappa shape index (κ1) is 11.6. The Morgan fingerprint density at radius 2 is 2.50 bits per heavy atom. The molecule has 0 saturated carbocycles. The van der Waals surface area contributed by atoms with E-state index < -0.39 is 5.97 Å². The van der Waals surface area contributed by atoms with Crippen molar-refractivity contribution in [3.63, 3.8) is 0 Å².